The molecule has 0 N–H and O–H groups in total. The molecule has 0 unspecified atom stereocenters. The van der Waals surface area contributed by atoms with Gasteiger partial charge in [-0.15, -0.1) is 0 Å². The number of aromatic nitrogens is 1. The van der Waals surface area contributed by atoms with Crippen LogP contribution in [-0.4, -0.2) is 39.5 Å². The Morgan fingerprint density at radius 3 is 2.53 bits per heavy atom. The summed E-state index contributed by atoms with van der Waals surface area (Å²) in [4.78, 5) is 4.23. The molecule has 102 valence electrons. The van der Waals surface area contributed by atoms with E-state index in [9.17, 15) is 0 Å². The monoisotopic (exact) mass is 263 g/mol. The summed E-state index contributed by atoms with van der Waals surface area (Å²) in [5.74, 6) is 2.01. The molecule has 0 spiro atoms. The molecular weight excluding hydrogens is 246 g/mol. The third-order valence-electron chi connectivity index (χ3n) is 2.76. The Bertz CT molecular complexity index is 556. The molecule has 0 bridgehead atoms. The summed E-state index contributed by atoms with van der Waals surface area (Å²) in [5, 5.41) is 1.79. The number of hydrogen-bond donors (Lipinski definition) is 0. The van der Waals surface area contributed by atoms with Crippen molar-refractivity contribution in [3.63, 3.8) is 0 Å². The fourth-order valence-corrected chi connectivity index (χ4v) is 1.81. The van der Waals surface area contributed by atoms with Gasteiger partial charge in [0.2, 0.25) is 5.88 Å². The lowest BCUT2D eigenvalue weighted by atomic mass is 10.1. The van der Waals surface area contributed by atoms with Crippen LogP contribution < -0.4 is 14.2 Å². The topological polar surface area (TPSA) is 49.8 Å². The van der Waals surface area contributed by atoms with Gasteiger partial charge in [0.1, 0.15) is 18.1 Å². The van der Waals surface area contributed by atoms with Crippen LogP contribution in [0.4, 0.5) is 0 Å². The lowest BCUT2D eigenvalue weighted by Crippen LogP contribution is -2.05. The summed E-state index contributed by atoms with van der Waals surface area (Å²) >= 11 is 0. The zero-order valence-corrected chi connectivity index (χ0v) is 11.3. The largest absolute Gasteiger partial charge is 0.497 e. The highest BCUT2D eigenvalue weighted by molar-refractivity contribution is 5.92. The third kappa shape index (κ3) is 2.88. The molecule has 0 aliphatic rings. The predicted molar refractivity (Wildman–Crippen MR) is 72.2 cm³/mol. The van der Waals surface area contributed by atoms with E-state index in [1.165, 1.54) is 0 Å². The second kappa shape index (κ2) is 6.24. The van der Waals surface area contributed by atoms with Gasteiger partial charge in [0.25, 0.3) is 0 Å². The van der Waals surface area contributed by atoms with E-state index in [1.807, 2.05) is 18.2 Å². The molecule has 2 aromatic rings. The molecule has 0 aliphatic carbocycles. The van der Waals surface area contributed by atoms with Gasteiger partial charge in [0.15, 0.2) is 0 Å². The van der Waals surface area contributed by atoms with Gasteiger partial charge < -0.3 is 18.9 Å². The average Bonchev–Trinajstić information content (AvgIpc) is 2.47. The van der Waals surface area contributed by atoms with Crippen molar-refractivity contribution in [2.75, 3.05) is 34.5 Å². The summed E-state index contributed by atoms with van der Waals surface area (Å²) in [5.41, 5.74) is 0. The summed E-state index contributed by atoms with van der Waals surface area (Å²) < 4.78 is 21.1. The standard InChI is InChI=1S/C14H17NO4/c1-16-6-7-19-13-9-15-14(18-3)11-5-4-10(17-2)8-12(11)13/h4-5,8-9H,6-7H2,1-3H3. The van der Waals surface area contributed by atoms with Crippen LogP contribution in [0.1, 0.15) is 0 Å². The Morgan fingerprint density at radius 2 is 1.84 bits per heavy atom. The van der Waals surface area contributed by atoms with E-state index < -0.39 is 0 Å². The van der Waals surface area contributed by atoms with Crippen LogP contribution in [-0.2, 0) is 4.74 Å². The molecule has 5 nitrogen and oxygen atoms in total. The van der Waals surface area contributed by atoms with Gasteiger partial charge in [0.05, 0.1) is 27.0 Å². The number of methoxy groups -OCH3 is 3. The molecule has 1 heterocycles. The molecule has 19 heavy (non-hydrogen) atoms. The average molecular weight is 263 g/mol. The van der Waals surface area contributed by atoms with Crippen molar-refractivity contribution >= 4 is 10.8 Å². The van der Waals surface area contributed by atoms with Crippen LogP contribution in [0.25, 0.3) is 10.8 Å². The molecule has 0 radical (unpaired) electrons. The van der Waals surface area contributed by atoms with Gasteiger partial charge in [-0.25, -0.2) is 4.98 Å². The lowest BCUT2D eigenvalue weighted by Gasteiger charge is -2.11. The Hall–Kier alpha value is -2.01. The molecule has 0 saturated heterocycles. The second-order valence-corrected chi connectivity index (χ2v) is 3.88. The zero-order chi connectivity index (χ0) is 13.7. The van der Waals surface area contributed by atoms with E-state index in [0.717, 1.165) is 16.5 Å². The fourth-order valence-electron chi connectivity index (χ4n) is 1.81. The highest BCUT2D eigenvalue weighted by atomic mass is 16.5. The summed E-state index contributed by atoms with van der Waals surface area (Å²) in [6.07, 6.45) is 1.65. The zero-order valence-electron chi connectivity index (χ0n) is 11.3. The summed E-state index contributed by atoms with van der Waals surface area (Å²) in [6.45, 7) is 0.994. The smallest absolute Gasteiger partial charge is 0.221 e. The molecule has 1 aromatic heterocycles. The minimum absolute atomic E-state index is 0.469. The molecule has 0 aliphatic heterocycles. The Morgan fingerprint density at radius 1 is 1.00 bits per heavy atom. The van der Waals surface area contributed by atoms with Gasteiger partial charge in [-0.2, -0.15) is 0 Å². The Kier molecular flexibility index (Phi) is 4.41. The number of ether oxygens (including phenoxy) is 4. The van der Waals surface area contributed by atoms with E-state index >= 15 is 0 Å². The van der Waals surface area contributed by atoms with Crippen LogP contribution in [0, 0.1) is 0 Å². The van der Waals surface area contributed by atoms with Crippen LogP contribution in [0.5, 0.6) is 17.4 Å². The predicted octanol–water partition coefficient (Wildman–Crippen LogP) is 2.28. The number of hydrogen-bond acceptors (Lipinski definition) is 5. The molecule has 2 rings (SSSR count). The van der Waals surface area contributed by atoms with Crippen LogP contribution in [0.3, 0.4) is 0 Å². The van der Waals surface area contributed by atoms with Crippen molar-refractivity contribution in [2.24, 2.45) is 0 Å². The fraction of sp³-hybridized carbons (Fsp3) is 0.357. The van der Waals surface area contributed by atoms with Gasteiger partial charge in [0, 0.05) is 17.9 Å². The molecule has 0 fully saturated rings. The van der Waals surface area contributed by atoms with Crippen molar-refractivity contribution < 1.29 is 18.9 Å². The van der Waals surface area contributed by atoms with Gasteiger partial charge >= 0.3 is 0 Å². The van der Waals surface area contributed by atoms with Gasteiger partial charge in [-0.05, 0) is 18.2 Å². The van der Waals surface area contributed by atoms with Crippen molar-refractivity contribution in [3.05, 3.63) is 24.4 Å². The normalized spacial score (nSPS) is 10.5. The number of benzene rings is 1. The Labute approximate surface area is 112 Å². The Balaban J connectivity index is 2.44. The van der Waals surface area contributed by atoms with Crippen molar-refractivity contribution in [1.82, 2.24) is 4.98 Å². The highest BCUT2D eigenvalue weighted by Crippen LogP contribution is 2.33. The van der Waals surface area contributed by atoms with Gasteiger partial charge in [-0.3, -0.25) is 0 Å². The molecule has 5 heteroatoms. The SMILES string of the molecule is COCCOc1cnc(OC)c2ccc(OC)cc12. The van der Waals surface area contributed by atoms with E-state index in [-0.39, 0.29) is 0 Å². The summed E-state index contributed by atoms with van der Waals surface area (Å²) in [7, 11) is 4.86. The quantitative estimate of drug-likeness (QED) is 0.748. The summed E-state index contributed by atoms with van der Waals surface area (Å²) in [6, 6.07) is 5.68. The molecule has 1 aromatic carbocycles. The first-order chi connectivity index (χ1) is 9.30. The van der Waals surface area contributed by atoms with E-state index in [1.54, 1.807) is 27.5 Å². The molecular formula is C14H17NO4. The molecule has 0 atom stereocenters. The minimum atomic E-state index is 0.469. The van der Waals surface area contributed by atoms with Crippen LogP contribution in [0.2, 0.25) is 0 Å². The van der Waals surface area contributed by atoms with Crippen molar-refractivity contribution in [3.8, 4) is 17.4 Å². The van der Waals surface area contributed by atoms with Crippen molar-refractivity contribution in [2.45, 2.75) is 0 Å². The van der Waals surface area contributed by atoms with Crippen LogP contribution in [0.15, 0.2) is 24.4 Å². The van der Waals surface area contributed by atoms with E-state index in [0.29, 0.717) is 24.8 Å². The first-order valence-electron chi connectivity index (χ1n) is 5.92. The number of pyridine rings is 1. The van der Waals surface area contributed by atoms with Gasteiger partial charge in [-0.1, -0.05) is 0 Å². The first kappa shape index (κ1) is 13.4. The maximum atomic E-state index is 5.66. The molecule has 0 saturated carbocycles. The second-order valence-electron chi connectivity index (χ2n) is 3.88. The lowest BCUT2D eigenvalue weighted by molar-refractivity contribution is 0.147. The highest BCUT2D eigenvalue weighted by Gasteiger charge is 2.10. The van der Waals surface area contributed by atoms with E-state index in [2.05, 4.69) is 4.98 Å². The van der Waals surface area contributed by atoms with E-state index in [4.69, 9.17) is 18.9 Å². The first-order valence-corrected chi connectivity index (χ1v) is 5.92. The number of nitrogens with zero attached hydrogens (tertiary/aromatic N) is 1. The number of rotatable bonds is 6. The third-order valence-corrected chi connectivity index (χ3v) is 2.76. The maximum Gasteiger partial charge on any atom is 0.221 e. The maximum absolute atomic E-state index is 5.66. The molecule has 0 amide bonds. The minimum Gasteiger partial charge on any atom is -0.497 e. The number of fused-ring (bicyclic) bond motifs is 1. The van der Waals surface area contributed by atoms with Crippen molar-refractivity contribution in [1.29, 1.82) is 0 Å². The van der Waals surface area contributed by atoms with Crippen LogP contribution >= 0.6 is 0 Å².